The number of nitrogens with one attached hydrogen (secondary N) is 3. The fourth-order valence-electron chi connectivity index (χ4n) is 6.35. The molecule has 0 spiro atoms. The molecule has 49 heavy (non-hydrogen) atoms. The molecule has 10 heteroatoms. The van der Waals surface area contributed by atoms with Gasteiger partial charge >= 0.3 is 12.1 Å². The van der Waals surface area contributed by atoms with Crippen molar-refractivity contribution < 1.29 is 33.8 Å². The first-order chi connectivity index (χ1) is 23.6. The van der Waals surface area contributed by atoms with E-state index in [-0.39, 0.29) is 56.8 Å². The molecule has 0 saturated carbocycles. The highest BCUT2D eigenvalue weighted by Crippen LogP contribution is 2.44. The minimum Gasteiger partial charge on any atom is -0.462 e. The van der Waals surface area contributed by atoms with Crippen LogP contribution in [0.25, 0.3) is 11.1 Å². The Morgan fingerprint density at radius 2 is 1.61 bits per heavy atom. The lowest BCUT2D eigenvalue weighted by Gasteiger charge is -2.29. The zero-order valence-corrected chi connectivity index (χ0v) is 28.0. The number of esters is 1. The lowest BCUT2D eigenvalue weighted by atomic mass is 9.96. The Morgan fingerprint density at radius 3 is 2.29 bits per heavy atom. The Bertz CT molecular complexity index is 1610. The van der Waals surface area contributed by atoms with Gasteiger partial charge in [-0.3, -0.25) is 9.59 Å². The van der Waals surface area contributed by atoms with Gasteiger partial charge in [0, 0.05) is 12.3 Å². The smallest absolute Gasteiger partial charge is 0.407 e. The predicted octanol–water partition coefficient (Wildman–Crippen LogP) is 4.80. The number of alkyl carbamates (subject to hydrolysis) is 1. The van der Waals surface area contributed by atoms with E-state index in [1.165, 1.54) is 0 Å². The largest absolute Gasteiger partial charge is 0.462 e. The molecule has 0 fully saturated rings. The van der Waals surface area contributed by atoms with E-state index in [4.69, 9.17) is 9.47 Å². The van der Waals surface area contributed by atoms with Gasteiger partial charge in [-0.05, 0) is 67.3 Å². The van der Waals surface area contributed by atoms with Gasteiger partial charge in [-0.15, -0.1) is 0 Å². The topological polar surface area (TPSA) is 143 Å². The molecule has 0 aromatic heterocycles. The average Bonchev–Trinajstić information content (AvgIpc) is 3.41. The molecule has 1 heterocycles. The van der Waals surface area contributed by atoms with Crippen LogP contribution in [0.3, 0.4) is 0 Å². The Hall–Kier alpha value is -4.96. The molecule has 1 aliphatic carbocycles. The predicted molar refractivity (Wildman–Crippen MR) is 185 cm³/mol. The molecule has 3 aromatic carbocycles. The maximum absolute atomic E-state index is 13.4. The summed E-state index contributed by atoms with van der Waals surface area (Å²) in [5.41, 5.74) is 4.44. The number of rotatable bonds is 9. The summed E-state index contributed by atoms with van der Waals surface area (Å²) < 4.78 is 11.3. The van der Waals surface area contributed by atoms with Gasteiger partial charge in [0.2, 0.25) is 11.8 Å². The summed E-state index contributed by atoms with van der Waals surface area (Å²) in [6, 6.07) is 24.2. The first-order valence-electron chi connectivity index (χ1n) is 16.8. The zero-order chi connectivity index (χ0) is 34.8. The third-order valence-corrected chi connectivity index (χ3v) is 8.88. The number of amides is 3. The van der Waals surface area contributed by atoms with E-state index in [0.717, 1.165) is 27.8 Å². The van der Waals surface area contributed by atoms with E-state index in [1.807, 2.05) is 78.9 Å². The van der Waals surface area contributed by atoms with Crippen molar-refractivity contribution in [2.45, 2.75) is 69.5 Å². The fourth-order valence-corrected chi connectivity index (χ4v) is 6.35. The highest BCUT2D eigenvalue weighted by Gasteiger charge is 2.32. The molecular formula is C39H45N3O7. The van der Waals surface area contributed by atoms with Gasteiger partial charge in [0.15, 0.2) is 0 Å². The van der Waals surface area contributed by atoms with Crippen LogP contribution in [0.2, 0.25) is 0 Å². The number of aliphatic hydroxyl groups is 1. The molecule has 0 saturated heterocycles. The summed E-state index contributed by atoms with van der Waals surface area (Å²) >= 11 is 0. The number of carbonyl (C=O) groups excluding carboxylic acids is 4. The quantitative estimate of drug-likeness (QED) is 0.190. The molecule has 0 radical (unpaired) electrons. The van der Waals surface area contributed by atoms with Crippen molar-refractivity contribution >= 4 is 23.9 Å². The number of hydrogen-bond donors (Lipinski definition) is 4. The van der Waals surface area contributed by atoms with Crippen molar-refractivity contribution in [2.24, 2.45) is 5.92 Å². The first-order valence-corrected chi connectivity index (χ1v) is 16.8. The van der Waals surface area contributed by atoms with Crippen molar-refractivity contribution in [3.8, 4) is 11.1 Å². The molecule has 2 aliphatic rings. The standard InChI is InChI=1S/C39H45N3O7/c1-39(2)25-49-37(46)34(41-38(47)48-24-33-31-18-11-9-16-29(31)30-17-10-12-19-32(30)33)20-8-4-7-15-27(36(45)42-39)22-35(44)40-28(23-43)21-26-13-5-3-6-14-26/h3-7,9-14,16-19,27-28,33-34,43H,8,15,20-25H2,1-2H3,(H,40,44)(H,41,47)(H,42,45)/t27-,28+,34+/m1/s1. The van der Waals surface area contributed by atoms with Crippen LogP contribution in [0.5, 0.6) is 0 Å². The summed E-state index contributed by atoms with van der Waals surface area (Å²) in [6.07, 6.45) is 4.26. The normalized spacial score (nSPS) is 19.8. The molecule has 10 nitrogen and oxygen atoms in total. The van der Waals surface area contributed by atoms with Crippen LogP contribution >= 0.6 is 0 Å². The zero-order valence-electron chi connectivity index (χ0n) is 28.0. The molecule has 258 valence electrons. The first kappa shape index (κ1) is 35.3. The van der Waals surface area contributed by atoms with Crippen molar-refractivity contribution in [3.05, 3.63) is 108 Å². The van der Waals surface area contributed by atoms with Crippen molar-refractivity contribution in [1.82, 2.24) is 16.0 Å². The van der Waals surface area contributed by atoms with Crippen LogP contribution < -0.4 is 16.0 Å². The number of allylic oxidation sites excluding steroid dienone is 2. The van der Waals surface area contributed by atoms with E-state index in [0.29, 0.717) is 12.8 Å². The Labute approximate surface area is 287 Å². The van der Waals surface area contributed by atoms with Crippen molar-refractivity contribution in [3.63, 3.8) is 0 Å². The summed E-state index contributed by atoms with van der Waals surface area (Å²) in [7, 11) is 0. The van der Waals surface area contributed by atoms with Crippen LogP contribution in [0.4, 0.5) is 4.79 Å². The lowest BCUT2D eigenvalue weighted by molar-refractivity contribution is -0.149. The van der Waals surface area contributed by atoms with Gasteiger partial charge < -0.3 is 30.5 Å². The molecule has 0 unspecified atom stereocenters. The minimum absolute atomic E-state index is 0.0801. The van der Waals surface area contributed by atoms with Crippen molar-refractivity contribution in [2.75, 3.05) is 19.8 Å². The number of hydrogen-bond acceptors (Lipinski definition) is 7. The van der Waals surface area contributed by atoms with Gasteiger partial charge in [0.1, 0.15) is 19.3 Å². The Morgan fingerprint density at radius 1 is 0.959 bits per heavy atom. The second kappa shape index (κ2) is 16.4. The van der Waals surface area contributed by atoms with Gasteiger partial charge in [-0.2, -0.15) is 0 Å². The minimum atomic E-state index is -0.964. The SMILES string of the molecule is CC1(C)COC(=O)[C@@H](NC(=O)OCC2c3ccccc3-c3ccccc32)CCC=CC[C@H](CC(=O)N[C@H](CO)Cc2ccccc2)C(=O)N1. The molecule has 3 amide bonds. The maximum Gasteiger partial charge on any atom is 0.407 e. The molecular weight excluding hydrogens is 622 g/mol. The van der Waals surface area contributed by atoms with Crippen LogP contribution in [0, 0.1) is 5.92 Å². The molecule has 5 rings (SSSR count). The van der Waals surface area contributed by atoms with Crippen LogP contribution in [0.1, 0.15) is 62.1 Å². The van der Waals surface area contributed by atoms with E-state index >= 15 is 0 Å². The van der Waals surface area contributed by atoms with Gasteiger partial charge in [0.05, 0.1) is 24.1 Å². The number of cyclic esters (lactones) is 1. The summed E-state index contributed by atoms with van der Waals surface area (Å²) in [5.74, 6) is -2.13. The van der Waals surface area contributed by atoms with E-state index in [2.05, 4.69) is 28.1 Å². The van der Waals surface area contributed by atoms with Crippen molar-refractivity contribution in [1.29, 1.82) is 0 Å². The van der Waals surface area contributed by atoms with E-state index in [9.17, 15) is 24.3 Å². The van der Waals surface area contributed by atoms with Gasteiger partial charge in [-0.1, -0.05) is 91.0 Å². The molecule has 1 aliphatic heterocycles. The Balaban J connectivity index is 1.18. The fraction of sp³-hybridized carbons (Fsp3) is 0.385. The van der Waals surface area contributed by atoms with E-state index in [1.54, 1.807) is 13.8 Å². The highest BCUT2D eigenvalue weighted by molar-refractivity contribution is 5.86. The van der Waals surface area contributed by atoms with E-state index < -0.39 is 35.6 Å². The average molecular weight is 668 g/mol. The van der Waals surface area contributed by atoms with Crippen LogP contribution in [-0.2, 0) is 30.3 Å². The van der Waals surface area contributed by atoms with Crippen LogP contribution in [0.15, 0.2) is 91.0 Å². The third kappa shape index (κ3) is 9.57. The maximum atomic E-state index is 13.4. The monoisotopic (exact) mass is 667 g/mol. The number of fused-ring (bicyclic) bond motifs is 3. The lowest BCUT2D eigenvalue weighted by Crippen LogP contribution is -2.51. The number of benzene rings is 3. The molecule has 4 N–H and O–H groups in total. The summed E-state index contributed by atoms with van der Waals surface area (Å²) in [4.78, 5) is 52.6. The number of ether oxygens (including phenoxy) is 2. The Kier molecular flexibility index (Phi) is 11.9. The summed E-state index contributed by atoms with van der Waals surface area (Å²) in [6.45, 7) is 3.18. The second-order valence-corrected chi connectivity index (χ2v) is 13.3. The van der Waals surface area contributed by atoms with Gasteiger partial charge in [-0.25, -0.2) is 9.59 Å². The summed E-state index contributed by atoms with van der Waals surface area (Å²) in [5, 5.41) is 18.3. The number of carbonyl (C=O) groups is 4. The third-order valence-electron chi connectivity index (χ3n) is 8.88. The molecule has 3 atom stereocenters. The highest BCUT2D eigenvalue weighted by atomic mass is 16.6. The number of aliphatic hydroxyl groups excluding tert-OH is 1. The van der Waals surface area contributed by atoms with Crippen LogP contribution in [-0.4, -0.2) is 66.4 Å². The molecule has 0 bridgehead atoms. The second-order valence-electron chi connectivity index (χ2n) is 13.3. The molecule has 3 aromatic rings. The van der Waals surface area contributed by atoms with Gasteiger partial charge in [0.25, 0.3) is 0 Å².